The number of pyridine rings is 1. The Morgan fingerprint density at radius 2 is 1.83 bits per heavy atom. The van der Waals surface area contributed by atoms with Gasteiger partial charge in [-0.05, 0) is 30.9 Å². The predicted octanol–water partition coefficient (Wildman–Crippen LogP) is 3.74. The second-order valence-corrected chi connectivity index (χ2v) is 5.53. The Hall–Kier alpha value is -2.57. The number of halogens is 3. The Balaban J connectivity index is 1.97. The van der Waals surface area contributed by atoms with Crippen LogP contribution in [0, 0.1) is 23.4 Å². The number of rotatable bonds is 5. The minimum absolute atomic E-state index is 0.0326. The molecule has 4 nitrogen and oxygen atoms in total. The standard InChI is InChI=1S/C17H14F3NO3/c1-23-17(22)14-5-4-11(18)16(21-14)15-12(19)6-10(7-13(15)20)24-8-9-2-3-9/h4-7,9H,2-3,8H2,1H3. The molecule has 2 aromatic rings. The number of ether oxygens (including phenoxy) is 2. The van der Waals surface area contributed by atoms with Crippen LogP contribution in [-0.4, -0.2) is 24.7 Å². The van der Waals surface area contributed by atoms with Crippen LogP contribution in [0.3, 0.4) is 0 Å². The van der Waals surface area contributed by atoms with E-state index >= 15 is 0 Å². The van der Waals surface area contributed by atoms with Gasteiger partial charge in [0.05, 0.1) is 19.3 Å². The van der Waals surface area contributed by atoms with Crippen LogP contribution >= 0.6 is 0 Å². The van der Waals surface area contributed by atoms with Gasteiger partial charge in [0.2, 0.25) is 0 Å². The Bertz CT molecular complexity index is 768. The van der Waals surface area contributed by atoms with Crippen LogP contribution < -0.4 is 4.74 Å². The first kappa shape index (κ1) is 16.3. The second kappa shape index (κ2) is 6.51. The lowest BCUT2D eigenvalue weighted by Gasteiger charge is -2.10. The molecule has 0 atom stereocenters. The van der Waals surface area contributed by atoms with E-state index in [2.05, 4.69) is 9.72 Å². The summed E-state index contributed by atoms with van der Waals surface area (Å²) in [6.07, 6.45) is 2.08. The van der Waals surface area contributed by atoms with E-state index in [0.717, 1.165) is 44.2 Å². The number of aromatic nitrogens is 1. The van der Waals surface area contributed by atoms with Gasteiger partial charge >= 0.3 is 5.97 Å². The Morgan fingerprint density at radius 1 is 1.17 bits per heavy atom. The van der Waals surface area contributed by atoms with Crippen LogP contribution in [0.15, 0.2) is 24.3 Å². The first-order valence-electron chi connectivity index (χ1n) is 7.36. The number of benzene rings is 1. The molecule has 0 amide bonds. The zero-order valence-electron chi connectivity index (χ0n) is 12.8. The maximum atomic E-state index is 14.3. The van der Waals surface area contributed by atoms with Gasteiger partial charge in [-0.25, -0.2) is 22.9 Å². The van der Waals surface area contributed by atoms with E-state index < -0.39 is 34.7 Å². The average Bonchev–Trinajstić information content (AvgIpc) is 3.37. The van der Waals surface area contributed by atoms with Gasteiger partial charge in [-0.2, -0.15) is 0 Å². The first-order chi connectivity index (χ1) is 11.5. The first-order valence-corrected chi connectivity index (χ1v) is 7.36. The van der Waals surface area contributed by atoms with Gasteiger partial charge in [0, 0.05) is 12.1 Å². The summed E-state index contributed by atoms with van der Waals surface area (Å²) in [5.41, 5.74) is -1.50. The van der Waals surface area contributed by atoms with E-state index in [-0.39, 0.29) is 11.4 Å². The van der Waals surface area contributed by atoms with Crippen molar-refractivity contribution in [2.24, 2.45) is 5.92 Å². The Labute approximate surface area is 136 Å². The molecule has 0 N–H and O–H groups in total. The third-order valence-corrected chi connectivity index (χ3v) is 3.68. The number of nitrogens with zero attached hydrogens (tertiary/aromatic N) is 1. The molecule has 1 saturated carbocycles. The van der Waals surface area contributed by atoms with Crippen LogP contribution in [0.1, 0.15) is 23.3 Å². The number of carbonyl (C=O) groups is 1. The summed E-state index contributed by atoms with van der Waals surface area (Å²) in [6, 6.07) is 3.94. The Kier molecular flexibility index (Phi) is 4.42. The van der Waals surface area contributed by atoms with Crippen molar-refractivity contribution >= 4 is 5.97 Å². The molecule has 0 radical (unpaired) electrons. The lowest BCUT2D eigenvalue weighted by atomic mass is 10.1. The van der Waals surface area contributed by atoms with Crippen molar-refractivity contribution in [3.05, 3.63) is 47.4 Å². The van der Waals surface area contributed by atoms with Gasteiger partial charge in [-0.3, -0.25) is 0 Å². The normalized spacial score (nSPS) is 13.7. The lowest BCUT2D eigenvalue weighted by molar-refractivity contribution is 0.0594. The van der Waals surface area contributed by atoms with Crippen molar-refractivity contribution in [2.75, 3.05) is 13.7 Å². The fourth-order valence-corrected chi connectivity index (χ4v) is 2.19. The maximum absolute atomic E-state index is 14.3. The third-order valence-electron chi connectivity index (χ3n) is 3.68. The van der Waals surface area contributed by atoms with Gasteiger partial charge in [-0.1, -0.05) is 0 Å². The fraction of sp³-hybridized carbons (Fsp3) is 0.294. The molecule has 1 heterocycles. The van der Waals surface area contributed by atoms with Crippen LogP contribution in [0.4, 0.5) is 13.2 Å². The molecule has 7 heteroatoms. The number of carbonyl (C=O) groups excluding carboxylic acids is 1. The van der Waals surface area contributed by atoms with Crippen LogP contribution in [-0.2, 0) is 4.74 Å². The molecule has 24 heavy (non-hydrogen) atoms. The highest BCUT2D eigenvalue weighted by Crippen LogP contribution is 2.33. The quantitative estimate of drug-likeness (QED) is 0.780. The third kappa shape index (κ3) is 3.34. The highest BCUT2D eigenvalue weighted by molar-refractivity contribution is 5.87. The van der Waals surface area contributed by atoms with E-state index in [1.807, 2.05) is 0 Å². The summed E-state index contributed by atoms with van der Waals surface area (Å²) in [7, 11) is 1.13. The number of hydrogen-bond acceptors (Lipinski definition) is 4. The van der Waals surface area contributed by atoms with Crippen LogP contribution in [0.25, 0.3) is 11.3 Å². The van der Waals surface area contributed by atoms with Crippen molar-refractivity contribution < 1.29 is 27.4 Å². The molecule has 1 aromatic carbocycles. The zero-order valence-corrected chi connectivity index (χ0v) is 12.8. The highest BCUT2D eigenvalue weighted by Gasteiger charge is 2.24. The zero-order chi connectivity index (χ0) is 17.3. The molecule has 126 valence electrons. The Morgan fingerprint density at radius 3 is 2.42 bits per heavy atom. The van der Waals surface area contributed by atoms with Crippen molar-refractivity contribution in [3.8, 4) is 17.0 Å². The van der Waals surface area contributed by atoms with Crippen LogP contribution in [0.2, 0.25) is 0 Å². The summed E-state index contributed by atoms with van der Waals surface area (Å²) in [5, 5.41) is 0. The topological polar surface area (TPSA) is 48.4 Å². The summed E-state index contributed by atoms with van der Waals surface area (Å²) in [6.45, 7) is 0.392. The molecule has 1 fully saturated rings. The van der Waals surface area contributed by atoms with Gasteiger partial charge < -0.3 is 9.47 Å². The number of methoxy groups -OCH3 is 1. The minimum atomic E-state index is -1.02. The largest absolute Gasteiger partial charge is 0.493 e. The van der Waals surface area contributed by atoms with Gasteiger partial charge in [0.25, 0.3) is 0 Å². The van der Waals surface area contributed by atoms with E-state index in [4.69, 9.17) is 4.74 Å². The van der Waals surface area contributed by atoms with Crippen molar-refractivity contribution in [1.29, 1.82) is 0 Å². The molecule has 0 bridgehead atoms. The van der Waals surface area contributed by atoms with E-state index in [1.165, 1.54) is 0 Å². The molecule has 1 aliphatic carbocycles. The fourth-order valence-electron chi connectivity index (χ4n) is 2.19. The number of esters is 1. The molecule has 0 saturated heterocycles. The summed E-state index contributed by atoms with van der Waals surface area (Å²) in [5.74, 6) is -3.37. The average molecular weight is 337 g/mol. The van der Waals surface area contributed by atoms with Crippen molar-refractivity contribution in [1.82, 2.24) is 4.98 Å². The molecule has 0 spiro atoms. The summed E-state index contributed by atoms with van der Waals surface area (Å²) in [4.78, 5) is 15.2. The minimum Gasteiger partial charge on any atom is -0.493 e. The van der Waals surface area contributed by atoms with Gasteiger partial charge in [-0.15, -0.1) is 0 Å². The molecular formula is C17H14F3NO3. The molecule has 1 aliphatic rings. The lowest BCUT2D eigenvalue weighted by Crippen LogP contribution is -2.07. The molecule has 0 unspecified atom stereocenters. The predicted molar refractivity (Wildman–Crippen MR) is 79.1 cm³/mol. The number of hydrogen-bond donors (Lipinski definition) is 0. The van der Waals surface area contributed by atoms with Crippen molar-refractivity contribution in [2.45, 2.75) is 12.8 Å². The summed E-state index contributed by atoms with van der Waals surface area (Å²) >= 11 is 0. The van der Waals surface area contributed by atoms with Gasteiger partial charge in [0.15, 0.2) is 0 Å². The molecule has 0 aliphatic heterocycles. The van der Waals surface area contributed by atoms with E-state index in [9.17, 15) is 18.0 Å². The smallest absolute Gasteiger partial charge is 0.356 e. The van der Waals surface area contributed by atoms with E-state index in [1.54, 1.807) is 0 Å². The van der Waals surface area contributed by atoms with Crippen LogP contribution in [0.5, 0.6) is 5.75 Å². The second-order valence-electron chi connectivity index (χ2n) is 5.53. The monoisotopic (exact) mass is 337 g/mol. The molecule has 3 rings (SSSR count). The SMILES string of the molecule is COC(=O)c1ccc(F)c(-c2c(F)cc(OCC3CC3)cc2F)n1. The molecule has 1 aromatic heterocycles. The van der Waals surface area contributed by atoms with Crippen molar-refractivity contribution in [3.63, 3.8) is 0 Å². The maximum Gasteiger partial charge on any atom is 0.356 e. The molecular weight excluding hydrogens is 323 g/mol. The highest BCUT2D eigenvalue weighted by atomic mass is 19.1. The van der Waals surface area contributed by atoms with Gasteiger partial charge in [0.1, 0.15) is 34.6 Å². The summed E-state index contributed by atoms with van der Waals surface area (Å²) < 4.78 is 52.3. The van der Waals surface area contributed by atoms with E-state index in [0.29, 0.717) is 12.5 Å².